The zero-order valence-corrected chi connectivity index (χ0v) is 19.1. The van der Waals surface area contributed by atoms with Crippen LogP contribution in [-0.4, -0.2) is 22.7 Å². The fraction of sp³-hybridized carbons (Fsp3) is 0.654. The van der Waals surface area contributed by atoms with Gasteiger partial charge in [0, 0.05) is 16.7 Å². The average Bonchev–Trinajstić information content (AvgIpc) is 2.94. The second-order valence-corrected chi connectivity index (χ2v) is 11.3. The van der Waals surface area contributed by atoms with Crippen LogP contribution in [-0.2, 0) is 4.79 Å². The molecule has 0 aromatic heterocycles. The van der Waals surface area contributed by atoms with E-state index in [1.807, 2.05) is 13.0 Å². The Hall–Kier alpha value is -1.24. The number of fused-ring (bicyclic) bond motifs is 5. The van der Waals surface area contributed by atoms with Crippen molar-refractivity contribution >= 4 is 17.5 Å². The van der Waals surface area contributed by atoms with Gasteiger partial charge in [0.1, 0.15) is 0 Å². The molecule has 3 heteroatoms. The van der Waals surface area contributed by atoms with Crippen LogP contribution in [0.3, 0.4) is 0 Å². The number of aliphatic hydroxyl groups excluding tert-OH is 1. The molecular formula is C26H34O2S. The number of thioether (sulfide) groups is 1. The molecule has 0 bridgehead atoms. The van der Waals surface area contributed by atoms with E-state index in [1.54, 1.807) is 17.8 Å². The van der Waals surface area contributed by atoms with E-state index in [0.717, 1.165) is 31.4 Å². The Kier molecular flexibility index (Phi) is 5.20. The zero-order valence-electron chi connectivity index (χ0n) is 18.3. The highest BCUT2D eigenvalue weighted by Crippen LogP contribution is 2.71. The minimum absolute atomic E-state index is 0.0269. The first-order chi connectivity index (χ1) is 13.7. The molecule has 0 heterocycles. The normalized spacial score (nSPS) is 45.4. The van der Waals surface area contributed by atoms with Gasteiger partial charge in [-0.25, -0.2) is 0 Å². The Balaban J connectivity index is 1.66. The van der Waals surface area contributed by atoms with Crippen molar-refractivity contribution in [1.82, 2.24) is 0 Å². The van der Waals surface area contributed by atoms with Crippen molar-refractivity contribution in [2.75, 3.05) is 5.75 Å². The van der Waals surface area contributed by atoms with Crippen molar-refractivity contribution in [3.05, 3.63) is 35.3 Å². The molecule has 2 nitrogen and oxygen atoms in total. The number of hydrogen-bond acceptors (Lipinski definition) is 3. The lowest BCUT2D eigenvalue weighted by Crippen LogP contribution is -2.57. The summed E-state index contributed by atoms with van der Waals surface area (Å²) < 4.78 is 0. The molecule has 4 aliphatic carbocycles. The van der Waals surface area contributed by atoms with Crippen molar-refractivity contribution < 1.29 is 9.90 Å². The number of rotatable bonds is 3. The van der Waals surface area contributed by atoms with Gasteiger partial charge in [0.15, 0.2) is 5.78 Å². The van der Waals surface area contributed by atoms with Gasteiger partial charge < -0.3 is 5.11 Å². The molecular weight excluding hydrogens is 376 g/mol. The molecule has 4 rings (SSSR count). The molecule has 29 heavy (non-hydrogen) atoms. The molecule has 0 aromatic carbocycles. The van der Waals surface area contributed by atoms with E-state index in [-0.39, 0.29) is 34.1 Å². The summed E-state index contributed by atoms with van der Waals surface area (Å²) in [4.78, 5) is 13.2. The molecule has 3 fully saturated rings. The van der Waals surface area contributed by atoms with Gasteiger partial charge in [0.05, 0.1) is 11.9 Å². The van der Waals surface area contributed by atoms with Crippen LogP contribution >= 0.6 is 11.8 Å². The molecule has 7 atom stereocenters. The van der Waals surface area contributed by atoms with Crippen molar-refractivity contribution in [2.24, 2.45) is 34.0 Å². The first kappa shape index (κ1) is 21.0. The third kappa shape index (κ3) is 2.94. The molecule has 0 amide bonds. The molecule has 156 valence electrons. The summed E-state index contributed by atoms with van der Waals surface area (Å²) in [6.07, 6.45) is 10.5. The molecule has 0 aromatic rings. The lowest BCUT2D eigenvalue weighted by Gasteiger charge is -2.60. The van der Waals surface area contributed by atoms with Crippen LogP contribution in [0.15, 0.2) is 35.3 Å². The number of aliphatic hydroxyl groups is 1. The van der Waals surface area contributed by atoms with Gasteiger partial charge in [-0.1, -0.05) is 44.9 Å². The van der Waals surface area contributed by atoms with E-state index in [0.29, 0.717) is 11.8 Å². The fourth-order valence-corrected chi connectivity index (χ4v) is 8.43. The minimum atomic E-state index is -0.349. The largest absolute Gasteiger partial charge is 0.393 e. The number of carbonyl (C=O) groups is 1. The summed E-state index contributed by atoms with van der Waals surface area (Å²) >= 11 is 1.79. The van der Waals surface area contributed by atoms with Crippen LogP contribution in [0.2, 0.25) is 0 Å². The van der Waals surface area contributed by atoms with E-state index in [2.05, 4.69) is 45.3 Å². The van der Waals surface area contributed by atoms with Crippen molar-refractivity contribution in [3.63, 3.8) is 0 Å². The highest BCUT2D eigenvalue weighted by Gasteiger charge is 2.65. The Labute approximate surface area is 180 Å². The van der Waals surface area contributed by atoms with Gasteiger partial charge in [-0.15, -0.1) is 17.7 Å². The van der Waals surface area contributed by atoms with Crippen LogP contribution in [0.1, 0.15) is 59.8 Å². The Morgan fingerprint density at radius 2 is 2.10 bits per heavy atom. The Morgan fingerprint density at radius 1 is 1.34 bits per heavy atom. The van der Waals surface area contributed by atoms with Crippen molar-refractivity contribution in [1.29, 1.82) is 0 Å². The van der Waals surface area contributed by atoms with Gasteiger partial charge in [0.2, 0.25) is 0 Å². The first-order valence-corrected chi connectivity index (χ1v) is 12.0. The highest BCUT2D eigenvalue weighted by molar-refractivity contribution is 8.03. The maximum Gasteiger partial charge on any atom is 0.178 e. The molecule has 0 spiro atoms. The van der Waals surface area contributed by atoms with Crippen LogP contribution in [0.25, 0.3) is 0 Å². The summed E-state index contributed by atoms with van der Waals surface area (Å²) in [5, 5.41) is 11.5. The van der Waals surface area contributed by atoms with Gasteiger partial charge in [0.25, 0.3) is 0 Å². The number of hydrogen-bond donors (Lipinski definition) is 1. The van der Waals surface area contributed by atoms with Gasteiger partial charge in [-0.2, -0.15) is 0 Å². The summed E-state index contributed by atoms with van der Waals surface area (Å²) in [6, 6.07) is 0. The van der Waals surface area contributed by atoms with Crippen LogP contribution in [0, 0.1) is 45.8 Å². The first-order valence-electron chi connectivity index (χ1n) is 11.0. The number of carbonyl (C=O) groups excluding carboxylic acids is 1. The van der Waals surface area contributed by atoms with E-state index >= 15 is 0 Å². The van der Waals surface area contributed by atoms with E-state index in [9.17, 15) is 9.90 Å². The summed E-state index contributed by atoms with van der Waals surface area (Å²) in [7, 11) is 0. The van der Waals surface area contributed by atoms with Crippen molar-refractivity contribution in [3.8, 4) is 11.8 Å². The maximum atomic E-state index is 12.0. The monoisotopic (exact) mass is 410 g/mol. The summed E-state index contributed by atoms with van der Waals surface area (Å²) in [5.74, 6) is 8.34. The molecule has 0 radical (unpaired) electrons. The predicted molar refractivity (Wildman–Crippen MR) is 121 cm³/mol. The summed E-state index contributed by atoms with van der Waals surface area (Å²) in [5.41, 5.74) is 1.13. The van der Waals surface area contributed by atoms with Gasteiger partial charge in [-0.3, -0.25) is 4.79 Å². The summed E-state index contributed by atoms with van der Waals surface area (Å²) in [6.45, 7) is 13.4. The lowest BCUT2D eigenvalue weighted by molar-refractivity contribution is -0.126. The second-order valence-electron chi connectivity index (χ2n) is 10.2. The standard InChI is InChI=1S/C26H34O2S/c1-6-7-14-29-17(2)25(4)13-11-21-20-9-8-18-15-19(27)10-12-24(18,3)23(20)22(28)16-26(21,25)5/h10,12,15,20-23,28H,2,8-9,11,13-14,16H2,1,3-5H3. The van der Waals surface area contributed by atoms with E-state index in [1.165, 1.54) is 16.9 Å². The number of ketones is 1. The highest BCUT2D eigenvalue weighted by atomic mass is 32.2. The molecule has 0 aliphatic heterocycles. The molecule has 1 N–H and O–H groups in total. The second kappa shape index (κ2) is 7.17. The van der Waals surface area contributed by atoms with Crippen LogP contribution in [0.4, 0.5) is 0 Å². The van der Waals surface area contributed by atoms with Gasteiger partial charge >= 0.3 is 0 Å². The SMILES string of the molecule is C=C(SCC#CC)C1(C)CCC2C3CCC4=CC(=O)C=CC4(C)C3C(O)CC21C. The van der Waals surface area contributed by atoms with E-state index < -0.39 is 0 Å². The third-order valence-electron chi connectivity index (χ3n) is 9.21. The van der Waals surface area contributed by atoms with Crippen LogP contribution in [0.5, 0.6) is 0 Å². The van der Waals surface area contributed by atoms with Gasteiger partial charge in [-0.05, 0) is 73.3 Å². The maximum absolute atomic E-state index is 12.0. The Bertz CT molecular complexity index is 858. The molecule has 4 aliphatic rings. The van der Waals surface area contributed by atoms with Crippen molar-refractivity contribution in [2.45, 2.75) is 65.9 Å². The van der Waals surface area contributed by atoms with E-state index in [4.69, 9.17) is 0 Å². The molecule has 0 saturated heterocycles. The Morgan fingerprint density at radius 3 is 2.83 bits per heavy atom. The zero-order chi connectivity index (χ0) is 21.0. The average molecular weight is 411 g/mol. The van der Waals surface area contributed by atoms with Crippen LogP contribution < -0.4 is 0 Å². The topological polar surface area (TPSA) is 37.3 Å². The fourth-order valence-electron chi connectivity index (χ4n) is 7.38. The predicted octanol–water partition coefficient (Wildman–Crippen LogP) is 5.54. The minimum Gasteiger partial charge on any atom is -0.393 e. The molecule has 3 saturated carbocycles. The lowest BCUT2D eigenvalue weighted by atomic mass is 9.45. The quantitative estimate of drug-likeness (QED) is 0.621. The smallest absolute Gasteiger partial charge is 0.178 e. The third-order valence-corrected chi connectivity index (χ3v) is 10.3. The molecule has 7 unspecified atom stereocenters. The number of allylic oxidation sites excluding steroid dienone is 5.